The first kappa shape index (κ1) is 12.3. The Morgan fingerprint density at radius 2 is 2.50 bits per heavy atom. The molecule has 1 aromatic heterocycles. The molecule has 1 heterocycles. The molecular formula is C11H15N3O2. The van der Waals surface area contributed by atoms with Crippen molar-refractivity contribution in [2.75, 3.05) is 0 Å². The molecule has 2 unspecified atom stereocenters. The molecule has 5 heteroatoms. The fourth-order valence-electron chi connectivity index (χ4n) is 1.17. The Bertz CT molecular complexity index is 406. The Morgan fingerprint density at radius 3 is 3.00 bits per heavy atom. The van der Waals surface area contributed by atoms with Gasteiger partial charge < -0.3 is 15.5 Å². The molecule has 0 radical (unpaired) electrons. The minimum Gasteiger partial charge on any atom is -0.444 e. The van der Waals surface area contributed by atoms with Crippen molar-refractivity contribution < 1.29 is 9.21 Å². The van der Waals surface area contributed by atoms with E-state index in [0.717, 1.165) is 0 Å². The van der Waals surface area contributed by atoms with Crippen molar-refractivity contribution in [2.45, 2.75) is 32.4 Å². The molecule has 0 aromatic carbocycles. The third kappa shape index (κ3) is 3.11. The van der Waals surface area contributed by atoms with Gasteiger partial charge in [0, 0.05) is 6.42 Å². The summed E-state index contributed by atoms with van der Waals surface area (Å²) >= 11 is 0. The Kier molecular flexibility index (Phi) is 4.09. The van der Waals surface area contributed by atoms with Crippen LogP contribution in [-0.2, 0) is 4.79 Å². The van der Waals surface area contributed by atoms with E-state index >= 15 is 0 Å². The van der Waals surface area contributed by atoms with Crippen LogP contribution in [0.2, 0.25) is 0 Å². The minimum absolute atomic E-state index is 0.211. The smallest absolute Gasteiger partial charge is 0.238 e. The van der Waals surface area contributed by atoms with Crippen LogP contribution < -0.4 is 11.1 Å². The molecule has 1 rings (SSSR count). The van der Waals surface area contributed by atoms with Gasteiger partial charge in [0.1, 0.15) is 11.8 Å². The molecule has 0 bridgehead atoms. The highest BCUT2D eigenvalue weighted by Crippen LogP contribution is 2.11. The normalized spacial score (nSPS) is 13.9. The maximum atomic E-state index is 11.5. The van der Waals surface area contributed by atoms with Gasteiger partial charge in [-0.25, -0.2) is 4.98 Å². The van der Waals surface area contributed by atoms with Gasteiger partial charge in [-0.15, -0.1) is 12.3 Å². The molecule has 0 spiro atoms. The molecule has 0 saturated carbocycles. The Labute approximate surface area is 94.4 Å². The third-order valence-electron chi connectivity index (χ3n) is 2.04. The predicted octanol–water partition coefficient (Wildman–Crippen LogP) is 0.511. The highest BCUT2D eigenvalue weighted by molar-refractivity contribution is 5.82. The van der Waals surface area contributed by atoms with Gasteiger partial charge in [-0.2, -0.15) is 0 Å². The van der Waals surface area contributed by atoms with E-state index in [1.54, 1.807) is 20.0 Å². The SMILES string of the molecule is C#CCC(N)C(=O)NC(C)c1ncc(C)o1. The van der Waals surface area contributed by atoms with E-state index in [-0.39, 0.29) is 18.4 Å². The van der Waals surface area contributed by atoms with Crippen LogP contribution in [0, 0.1) is 19.3 Å². The second-order valence-corrected chi connectivity index (χ2v) is 3.55. The van der Waals surface area contributed by atoms with Crippen molar-refractivity contribution in [3.05, 3.63) is 17.8 Å². The molecule has 0 saturated heterocycles. The van der Waals surface area contributed by atoms with Gasteiger partial charge in [0.15, 0.2) is 0 Å². The van der Waals surface area contributed by atoms with Crippen LogP contribution in [0.4, 0.5) is 0 Å². The number of hydrogen-bond acceptors (Lipinski definition) is 4. The summed E-state index contributed by atoms with van der Waals surface area (Å²) in [6.07, 6.45) is 6.88. The number of aryl methyl sites for hydroxylation is 1. The van der Waals surface area contributed by atoms with Gasteiger partial charge in [0.2, 0.25) is 11.8 Å². The molecule has 1 aromatic rings. The average molecular weight is 221 g/mol. The quantitative estimate of drug-likeness (QED) is 0.726. The van der Waals surface area contributed by atoms with Crippen molar-refractivity contribution in [3.63, 3.8) is 0 Å². The molecule has 1 amide bonds. The van der Waals surface area contributed by atoms with Crippen LogP contribution >= 0.6 is 0 Å². The lowest BCUT2D eigenvalue weighted by Gasteiger charge is -2.13. The lowest BCUT2D eigenvalue weighted by atomic mass is 10.2. The molecule has 16 heavy (non-hydrogen) atoms. The molecule has 86 valence electrons. The lowest BCUT2D eigenvalue weighted by molar-refractivity contribution is -0.123. The van der Waals surface area contributed by atoms with E-state index in [2.05, 4.69) is 16.2 Å². The van der Waals surface area contributed by atoms with E-state index in [4.69, 9.17) is 16.6 Å². The number of rotatable bonds is 4. The standard InChI is InChI=1S/C11H15N3O2/c1-4-5-9(12)10(15)14-8(3)11-13-6-7(2)16-11/h1,6,8-9H,5,12H2,2-3H3,(H,14,15). The number of terminal acetylenes is 1. The Balaban J connectivity index is 2.55. The number of hydrogen-bond donors (Lipinski definition) is 2. The van der Waals surface area contributed by atoms with E-state index in [1.165, 1.54) is 0 Å². The van der Waals surface area contributed by atoms with Crippen LogP contribution in [-0.4, -0.2) is 16.9 Å². The maximum absolute atomic E-state index is 11.5. The van der Waals surface area contributed by atoms with Crippen LogP contribution in [0.5, 0.6) is 0 Å². The van der Waals surface area contributed by atoms with Gasteiger partial charge >= 0.3 is 0 Å². The molecule has 0 aliphatic carbocycles. The fraction of sp³-hybridized carbons (Fsp3) is 0.455. The first-order chi connectivity index (χ1) is 7.54. The van der Waals surface area contributed by atoms with Crippen LogP contribution in [0.1, 0.15) is 31.0 Å². The number of amides is 1. The van der Waals surface area contributed by atoms with Crippen LogP contribution in [0.15, 0.2) is 10.6 Å². The summed E-state index contributed by atoms with van der Waals surface area (Å²) in [4.78, 5) is 15.5. The Hall–Kier alpha value is -1.80. The summed E-state index contributed by atoms with van der Waals surface area (Å²) in [5, 5.41) is 2.68. The maximum Gasteiger partial charge on any atom is 0.238 e. The largest absolute Gasteiger partial charge is 0.444 e. The predicted molar refractivity (Wildman–Crippen MR) is 59.2 cm³/mol. The van der Waals surface area contributed by atoms with Gasteiger partial charge in [-0.1, -0.05) is 0 Å². The van der Waals surface area contributed by atoms with Crippen LogP contribution in [0.25, 0.3) is 0 Å². The number of carbonyl (C=O) groups excluding carboxylic acids is 1. The average Bonchev–Trinajstić information content (AvgIpc) is 2.65. The second-order valence-electron chi connectivity index (χ2n) is 3.55. The number of oxazole rings is 1. The topological polar surface area (TPSA) is 81.2 Å². The highest BCUT2D eigenvalue weighted by atomic mass is 16.4. The second kappa shape index (κ2) is 5.33. The number of nitrogens with two attached hydrogens (primary N) is 1. The molecular weight excluding hydrogens is 206 g/mol. The summed E-state index contributed by atoms with van der Waals surface area (Å²) < 4.78 is 5.28. The first-order valence-corrected chi connectivity index (χ1v) is 4.96. The molecule has 3 N–H and O–H groups in total. The number of aromatic nitrogens is 1. The number of nitrogens with zero attached hydrogens (tertiary/aromatic N) is 1. The monoisotopic (exact) mass is 221 g/mol. The van der Waals surface area contributed by atoms with E-state index in [0.29, 0.717) is 11.7 Å². The Morgan fingerprint density at radius 1 is 1.81 bits per heavy atom. The van der Waals surface area contributed by atoms with Gasteiger partial charge in [0.25, 0.3) is 0 Å². The summed E-state index contributed by atoms with van der Waals surface area (Å²) in [6.45, 7) is 3.56. The summed E-state index contributed by atoms with van der Waals surface area (Å²) in [7, 11) is 0. The molecule has 5 nitrogen and oxygen atoms in total. The molecule has 0 fully saturated rings. The molecule has 0 aliphatic rings. The summed E-state index contributed by atoms with van der Waals surface area (Å²) in [5.41, 5.74) is 5.55. The third-order valence-corrected chi connectivity index (χ3v) is 2.04. The fourth-order valence-corrected chi connectivity index (χ4v) is 1.17. The number of carbonyl (C=O) groups is 1. The van der Waals surface area contributed by atoms with Crippen molar-refractivity contribution >= 4 is 5.91 Å². The van der Waals surface area contributed by atoms with Crippen molar-refractivity contribution in [1.82, 2.24) is 10.3 Å². The van der Waals surface area contributed by atoms with Crippen LogP contribution in [0.3, 0.4) is 0 Å². The zero-order valence-electron chi connectivity index (χ0n) is 9.36. The van der Waals surface area contributed by atoms with E-state index < -0.39 is 6.04 Å². The summed E-state index contributed by atoms with van der Waals surface area (Å²) in [6, 6.07) is -1.01. The lowest BCUT2D eigenvalue weighted by Crippen LogP contribution is -2.41. The van der Waals surface area contributed by atoms with Gasteiger partial charge in [-0.3, -0.25) is 4.79 Å². The van der Waals surface area contributed by atoms with Crippen molar-refractivity contribution in [1.29, 1.82) is 0 Å². The van der Waals surface area contributed by atoms with E-state index in [9.17, 15) is 4.79 Å². The van der Waals surface area contributed by atoms with Crippen molar-refractivity contribution in [2.24, 2.45) is 5.73 Å². The minimum atomic E-state index is -0.691. The molecule has 2 atom stereocenters. The molecule has 0 aliphatic heterocycles. The first-order valence-electron chi connectivity index (χ1n) is 4.96. The van der Waals surface area contributed by atoms with Crippen molar-refractivity contribution in [3.8, 4) is 12.3 Å². The zero-order chi connectivity index (χ0) is 12.1. The van der Waals surface area contributed by atoms with E-state index in [1.807, 2.05) is 0 Å². The zero-order valence-corrected chi connectivity index (χ0v) is 9.36. The van der Waals surface area contributed by atoms with Gasteiger partial charge in [-0.05, 0) is 13.8 Å². The van der Waals surface area contributed by atoms with Gasteiger partial charge in [0.05, 0.1) is 12.2 Å². The highest BCUT2D eigenvalue weighted by Gasteiger charge is 2.18. The number of nitrogens with one attached hydrogen (secondary N) is 1. The summed E-state index contributed by atoms with van der Waals surface area (Å²) in [5.74, 6) is 3.19.